The lowest BCUT2D eigenvalue weighted by Gasteiger charge is -2.17. The molecule has 1 atom stereocenters. The van der Waals surface area contributed by atoms with Crippen molar-refractivity contribution in [2.75, 3.05) is 0 Å². The van der Waals surface area contributed by atoms with E-state index in [9.17, 15) is 0 Å². The van der Waals surface area contributed by atoms with Crippen molar-refractivity contribution >= 4 is 17.2 Å². The third-order valence-electron chi connectivity index (χ3n) is 2.69. The van der Waals surface area contributed by atoms with Crippen molar-refractivity contribution in [3.05, 3.63) is 35.1 Å². The maximum absolute atomic E-state index is 5.86. The summed E-state index contributed by atoms with van der Waals surface area (Å²) >= 11 is 5.86. The van der Waals surface area contributed by atoms with Crippen molar-refractivity contribution in [3.8, 4) is 0 Å². The van der Waals surface area contributed by atoms with Crippen LogP contribution in [0, 0.1) is 5.92 Å². The molecule has 1 nitrogen and oxygen atoms in total. The molecule has 74 valence electrons. The zero-order valence-electron chi connectivity index (χ0n) is 8.33. The Kier molecular flexibility index (Phi) is 2.87. The lowest BCUT2D eigenvalue weighted by Crippen LogP contribution is -2.00. The van der Waals surface area contributed by atoms with Crippen LogP contribution >= 0.6 is 11.6 Å². The van der Waals surface area contributed by atoms with E-state index >= 15 is 0 Å². The molecule has 0 radical (unpaired) electrons. The number of halogens is 1. The lowest BCUT2D eigenvalue weighted by atomic mass is 9.88. The first-order chi connectivity index (χ1) is 6.75. The van der Waals surface area contributed by atoms with E-state index in [1.165, 1.54) is 30.4 Å². The van der Waals surface area contributed by atoms with Gasteiger partial charge in [0, 0.05) is 6.20 Å². The molecule has 0 spiro atoms. The maximum atomic E-state index is 5.86. The van der Waals surface area contributed by atoms with Gasteiger partial charge in [0.25, 0.3) is 0 Å². The van der Waals surface area contributed by atoms with Gasteiger partial charge in [-0.3, -0.25) is 0 Å². The van der Waals surface area contributed by atoms with Crippen LogP contribution in [-0.2, 0) is 0 Å². The molecule has 1 aliphatic carbocycles. The maximum Gasteiger partial charge on any atom is 0.129 e. The Morgan fingerprint density at radius 1 is 1.50 bits per heavy atom. The summed E-state index contributed by atoms with van der Waals surface area (Å²) in [5, 5.41) is 0.585. The van der Waals surface area contributed by atoms with Crippen LogP contribution in [0.25, 0.3) is 5.57 Å². The molecule has 1 aromatic rings. The Bertz CT molecular complexity index is 357. The van der Waals surface area contributed by atoms with Crippen LogP contribution in [0.2, 0.25) is 5.15 Å². The van der Waals surface area contributed by atoms with Gasteiger partial charge in [-0.25, -0.2) is 4.98 Å². The summed E-state index contributed by atoms with van der Waals surface area (Å²) in [5.41, 5.74) is 2.66. The van der Waals surface area contributed by atoms with Crippen LogP contribution < -0.4 is 0 Å². The highest BCUT2D eigenvalue weighted by Gasteiger charge is 2.11. The zero-order valence-corrected chi connectivity index (χ0v) is 9.09. The van der Waals surface area contributed by atoms with E-state index in [0.717, 1.165) is 0 Å². The quantitative estimate of drug-likeness (QED) is 0.636. The summed E-state index contributed by atoms with van der Waals surface area (Å²) in [6.07, 6.45) is 7.90. The molecule has 1 aromatic heterocycles. The molecule has 2 heteroatoms. The van der Waals surface area contributed by atoms with Crippen LogP contribution in [0.5, 0.6) is 0 Å². The van der Waals surface area contributed by atoms with E-state index in [4.69, 9.17) is 11.6 Å². The minimum Gasteiger partial charge on any atom is -0.245 e. The Labute approximate surface area is 89.8 Å². The molecule has 0 aliphatic heterocycles. The first kappa shape index (κ1) is 9.72. The standard InChI is InChI=1S/C12H14ClN/c1-9-3-2-4-10(7-9)11-5-6-14-12(13)8-11/h5-9H,2-4H2,1H3. The van der Waals surface area contributed by atoms with E-state index in [2.05, 4.69) is 18.0 Å². The van der Waals surface area contributed by atoms with Crippen molar-refractivity contribution < 1.29 is 0 Å². The Morgan fingerprint density at radius 3 is 3.07 bits per heavy atom. The minimum atomic E-state index is 0.585. The van der Waals surface area contributed by atoms with Crippen LogP contribution in [0.1, 0.15) is 31.7 Å². The van der Waals surface area contributed by atoms with Gasteiger partial charge < -0.3 is 0 Å². The van der Waals surface area contributed by atoms with Gasteiger partial charge in [0.2, 0.25) is 0 Å². The van der Waals surface area contributed by atoms with E-state index in [-0.39, 0.29) is 0 Å². The third kappa shape index (κ3) is 2.16. The Morgan fingerprint density at radius 2 is 2.36 bits per heavy atom. The number of hydrogen-bond donors (Lipinski definition) is 0. The number of allylic oxidation sites excluding steroid dienone is 2. The highest BCUT2D eigenvalue weighted by Crippen LogP contribution is 2.30. The van der Waals surface area contributed by atoms with Crippen LogP contribution in [0.3, 0.4) is 0 Å². The third-order valence-corrected chi connectivity index (χ3v) is 2.90. The van der Waals surface area contributed by atoms with Crippen LogP contribution in [0.4, 0.5) is 0 Å². The average molecular weight is 208 g/mol. The summed E-state index contributed by atoms with van der Waals surface area (Å²) in [6, 6.07) is 3.99. The fraction of sp³-hybridized carbons (Fsp3) is 0.417. The second-order valence-electron chi connectivity index (χ2n) is 3.93. The fourth-order valence-electron chi connectivity index (χ4n) is 1.97. The number of hydrogen-bond acceptors (Lipinski definition) is 1. The largest absolute Gasteiger partial charge is 0.245 e. The summed E-state index contributed by atoms with van der Waals surface area (Å²) in [5.74, 6) is 0.700. The van der Waals surface area contributed by atoms with Gasteiger partial charge in [-0.15, -0.1) is 0 Å². The summed E-state index contributed by atoms with van der Waals surface area (Å²) in [7, 11) is 0. The molecule has 0 bridgehead atoms. The second kappa shape index (κ2) is 4.14. The molecule has 0 saturated carbocycles. The molecule has 1 heterocycles. The topological polar surface area (TPSA) is 12.9 Å². The SMILES string of the molecule is CC1C=C(c2ccnc(Cl)c2)CCC1. The smallest absolute Gasteiger partial charge is 0.129 e. The van der Waals surface area contributed by atoms with Crippen molar-refractivity contribution in [3.63, 3.8) is 0 Å². The number of pyridine rings is 1. The molecular weight excluding hydrogens is 194 g/mol. The van der Waals surface area contributed by atoms with E-state index in [1.807, 2.05) is 12.1 Å². The number of aromatic nitrogens is 1. The second-order valence-corrected chi connectivity index (χ2v) is 4.32. The van der Waals surface area contributed by atoms with Crippen molar-refractivity contribution in [1.29, 1.82) is 0 Å². The van der Waals surface area contributed by atoms with Gasteiger partial charge in [-0.1, -0.05) is 24.6 Å². The number of rotatable bonds is 1. The van der Waals surface area contributed by atoms with E-state index in [1.54, 1.807) is 6.20 Å². The molecule has 1 unspecified atom stereocenters. The molecule has 14 heavy (non-hydrogen) atoms. The minimum absolute atomic E-state index is 0.585. The Hall–Kier alpha value is -0.820. The highest BCUT2D eigenvalue weighted by atomic mass is 35.5. The van der Waals surface area contributed by atoms with E-state index in [0.29, 0.717) is 11.1 Å². The van der Waals surface area contributed by atoms with Crippen molar-refractivity contribution in [1.82, 2.24) is 4.98 Å². The zero-order chi connectivity index (χ0) is 9.97. The van der Waals surface area contributed by atoms with Gasteiger partial charge in [-0.2, -0.15) is 0 Å². The summed E-state index contributed by atoms with van der Waals surface area (Å²) < 4.78 is 0. The van der Waals surface area contributed by atoms with Gasteiger partial charge in [-0.05, 0) is 48.4 Å². The molecule has 0 saturated heterocycles. The molecule has 0 fully saturated rings. The molecular formula is C12H14ClN. The first-order valence-corrected chi connectivity index (χ1v) is 5.46. The summed E-state index contributed by atoms with van der Waals surface area (Å²) in [4.78, 5) is 3.99. The van der Waals surface area contributed by atoms with Gasteiger partial charge in [0.15, 0.2) is 0 Å². The van der Waals surface area contributed by atoms with E-state index < -0.39 is 0 Å². The fourth-order valence-corrected chi connectivity index (χ4v) is 2.14. The monoisotopic (exact) mass is 207 g/mol. The molecule has 0 N–H and O–H groups in total. The molecule has 2 rings (SSSR count). The average Bonchev–Trinajstić information content (AvgIpc) is 2.18. The van der Waals surface area contributed by atoms with Crippen LogP contribution in [-0.4, -0.2) is 4.98 Å². The normalized spacial score (nSPS) is 21.9. The summed E-state index contributed by atoms with van der Waals surface area (Å²) in [6.45, 7) is 2.27. The molecule has 1 aliphatic rings. The van der Waals surface area contributed by atoms with Crippen molar-refractivity contribution in [2.24, 2.45) is 5.92 Å². The van der Waals surface area contributed by atoms with Gasteiger partial charge in [0.05, 0.1) is 0 Å². The molecule has 0 aromatic carbocycles. The predicted octanol–water partition coefficient (Wildman–Crippen LogP) is 3.94. The number of nitrogens with zero attached hydrogens (tertiary/aromatic N) is 1. The molecule has 0 amide bonds. The van der Waals surface area contributed by atoms with Gasteiger partial charge in [0.1, 0.15) is 5.15 Å². The van der Waals surface area contributed by atoms with Gasteiger partial charge >= 0.3 is 0 Å². The predicted molar refractivity (Wildman–Crippen MR) is 60.2 cm³/mol. The highest BCUT2D eigenvalue weighted by molar-refractivity contribution is 6.29. The van der Waals surface area contributed by atoms with Crippen LogP contribution in [0.15, 0.2) is 24.4 Å². The first-order valence-electron chi connectivity index (χ1n) is 5.08. The lowest BCUT2D eigenvalue weighted by molar-refractivity contribution is 0.593. The Balaban J connectivity index is 2.30. The van der Waals surface area contributed by atoms with Crippen molar-refractivity contribution in [2.45, 2.75) is 26.2 Å².